The van der Waals surface area contributed by atoms with Crippen molar-refractivity contribution in [2.24, 2.45) is 11.8 Å². The van der Waals surface area contributed by atoms with Gasteiger partial charge < -0.3 is 33.8 Å². The normalized spacial score (nSPS) is 14.7. The van der Waals surface area contributed by atoms with Gasteiger partial charge in [-0.3, -0.25) is 37.3 Å². The summed E-state index contributed by atoms with van der Waals surface area (Å²) in [6, 6.07) is 0. The number of aliphatic hydroxyl groups is 1. The maximum Gasteiger partial charge on any atom is 0.472 e. The van der Waals surface area contributed by atoms with Crippen LogP contribution in [0.2, 0.25) is 0 Å². The smallest absolute Gasteiger partial charge is 0.462 e. The molecule has 0 aliphatic carbocycles. The van der Waals surface area contributed by atoms with Crippen LogP contribution >= 0.6 is 15.6 Å². The molecule has 0 saturated carbocycles. The number of rotatable bonds is 64. The Bertz CT molecular complexity index is 1780. The summed E-state index contributed by atoms with van der Waals surface area (Å²) in [5.74, 6) is -0.692. The van der Waals surface area contributed by atoms with E-state index < -0.39 is 97.5 Å². The third-order valence-electron chi connectivity index (χ3n) is 15.2. The molecule has 3 N–H and O–H groups in total. The Kier molecular flexibility index (Phi) is 57.2. The number of allylic oxidation sites excluding steroid dienone is 4. The molecule has 0 radical (unpaired) electrons. The van der Waals surface area contributed by atoms with E-state index in [0.717, 1.165) is 115 Å². The van der Waals surface area contributed by atoms with Crippen LogP contribution in [0.5, 0.6) is 0 Å². The van der Waals surface area contributed by atoms with Gasteiger partial charge in [0.2, 0.25) is 0 Å². The number of esters is 4. The molecule has 0 aliphatic rings. The minimum absolute atomic E-state index is 0.0845. The van der Waals surface area contributed by atoms with E-state index in [9.17, 15) is 43.2 Å². The molecule has 0 spiro atoms. The molecule has 0 aromatic heterocycles. The fraction of sp³-hybridized carbons (Fsp3) is 0.881. The monoisotopic (exact) mass is 1260 g/mol. The van der Waals surface area contributed by atoms with E-state index >= 15 is 0 Å². The summed E-state index contributed by atoms with van der Waals surface area (Å²) in [6.07, 6.45) is 45.4. The third-order valence-corrected chi connectivity index (χ3v) is 17.1. The zero-order chi connectivity index (χ0) is 63.6. The van der Waals surface area contributed by atoms with Gasteiger partial charge in [0.05, 0.1) is 26.4 Å². The number of hydrogen-bond acceptors (Lipinski definition) is 15. The van der Waals surface area contributed by atoms with Crippen LogP contribution < -0.4 is 0 Å². The first-order valence-electron chi connectivity index (χ1n) is 34.3. The Labute approximate surface area is 522 Å². The highest BCUT2D eigenvalue weighted by Gasteiger charge is 2.30. The average Bonchev–Trinajstić information content (AvgIpc) is 3.62. The lowest BCUT2D eigenvalue weighted by molar-refractivity contribution is -0.161. The van der Waals surface area contributed by atoms with Crippen molar-refractivity contribution in [2.75, 3.05) is 39.6 Å². The second-order valence-corrected chi connectivity index (χ2v) is 27.1. The van der Waals surface area contributed by atoms with E-state index in [-0.39, 0.29) is 25.7 Å². The van der Waals surface area contributed by atoms with Gasteiger partial charge in [-0.05, 0) is 63.2 Å². The van der Waals surface area contributed by atoms with Crippen LogP contribution in [0.3, 0.4) is 0 Å². The molecule has 0 heterocycles. The van der Waals surface area contributed by atoms with Crippen LogP contribution in [0, 0.1) is 11.8 Å². The van der Waals surface area contributed by atoms with Crippen LogP contribution in [0.4, 0.5) is 0 Å². The lowest BCUT2D eigenvalue weighted by Gasteiger charge is -2.21. The highest BCUT2D eigenvalue weighted by Crippen LogP contribution is 2.45. The second kappa shape index (κ2) is 58.9. The lowest BCUT2D eigenvalue weighted by atomic mass is 9.99. The van der Waals surface area contributed by atoms with Gasteiger partial charge in [0.1, 0.15) is 19.3 Å². The van der Waals surface area contributed by atoms with Crippen molar-refractivity contribution in [3.05, 3.63) is 24.3 Å². The number of aliphatic hydroxyl groups excluding tert-OH is 1. The minimum Gasteiger partial charge on any atom is -0.462 e. The summed E-state index contributed by atoms with van der Waals surface area (Å²) in [7, 11) is -9.90. The van der Waals surface area contributed by atoms with Crippen LogP contribution in [0.25, 0.3) is 0 Å². The van der Waals surface area contributed by atoms with Gasteiger partial charge in [-0.15, -0.1) is 0 Å². The van der Waals surface area contributed by atoms with Crippen LogP contribution in [-0.4, -0.2) is 96.7 Å². The Balaban J connectivity index is 5.26. The molecule has 0 saturated heterocycles. The highest BCUT2D eigenvalue weighted by molar-refractivity contribution is 7.47. The highest BCUT2D eigenvalue weighted by atomic mass is 31.2. The van der Waals surface area contributed by atoms with Crippen LogP contribution in [0.15, 0.2) is 24.3 Å². The number of ether oxygens (including phenoxy) is 4. The summed E-state index contributed by atoms with van der Waals surface area (Å²) in [5.41, 5.74) is 0. The standard InChI is InChI=1S/C67H126O17P2/c1-7-10-12-14-16-18-19-20-21-22-23-28-32-39-45-51-66(71)83-62(55-78-65(70)50-44-38-31-27-25-24-26-29-36-42-48-60(6)9-3)57-81-85(73,74)79-53-61(68)54-80-86(75,76)82-58-63(56-77-64(69)49-43-37-30-17-15-13-11-8-2)84-67(72)52-46-40-34-33-35-41-47-59(4)5/h18-21,59-63,68H,7-17,22-58H2,1-6H3,(H,73,74)(H,75,76)/b19-18-,21-20-/t60?,61-,62-,63-/m1/s1. The van der Waals surface area contributed by atoms with E-state index in [0.29, 0.717) is 31.6 Å². The van der Waals surface area contributed by atoms with Crippen molar-refractivity contribution in [3.8, 4) is 0 Å². The van der Waals surface area contributed by atoms with Crippen molar-refractivity contribution in [1.82, 2.24) is 0 Å². The summed E-state index contributed by atoms with van der Waals surface area (Å²) >= 11 is 0. The second-order valence-electron chi connectivity index (χ2n) is 24.2. The van der Waals surface area contributed by atoms with Gasteiger partial charge in [-0.25, -0.2) is 9.13 Å². The third kappa shape index (κ3) is 59.2. The average molecular weight is 1270 g/mol. The van der Waals surface area contributed by atoms with Crippen molar-refractivity contribution >= 4 is 39.5 Å². The maximum absolute atomic E-state index is 13.0. The predicted molar refractivity (Wildman–Crippen MR) is 344 cm³/mol. The van der Waals surface area contributed by atoms with Crippen molar-refractivity contribution in [1.29, 1.82) is 0 Å². The fourth-order valence-corrected chi connectivity index (χ4v) is 11.1. The molecule has 0 aromatic rings. The number of carbonyl (C=O) groups is 4. The van der Waals surface area contributed by atoms with Gasteiger partial charge >= 0.3 is 39.5 Å². The SMILES string of the molecule is CCCCCC/C=C\C=C/CCCCCCCC(=O)O[C@H](COC(=O)CCCCCCCCCCCCC(C)CC)COP(=O)(O)OC[C@@H](O)COP(=O)(O)OC[C@@H](COC(=O)CCCCCCCCCC)OC(=O)CCCCCCCCC(C)C. The molecule has 17 nitrogen and oxygen atoms in total. The van der Waals surface area contributed by atoms with E-state index in [4.69, 9.17) is 37.0 Å². The summed E-state index contributed by atoms with van der Waals surface area (Å²) in [4.78, 5) is 72.2. The Morgan fingerprint density at radius 3 is 1.05 bits per heavy atom. The minimum atomic E-state index is -4.96. The van der Waals surface area contributed by atoms with E-state index in [2.05, 4.69) is 65.8 Å². The first-order chi connectivity index (χ1) is 41.4. The fourth-order valence-electron chi connectivity index (χ4n) is 9.49. The van der Waals surface area contributed by atoms with Gasteiger partial charge in [0, 0.05) is 25.7 Å². The predicted octanol–water partition coefficient (Wildman–Crippen LogP) is 18.4. The first kappa shape index (κ1) is 83.5. The van der Waals surface area contributed by atoms with Crippen LogP contribution in [-0.2, 0) is 65.4 Å². The largest absolute Gasteiger partial charge is 0.472 e. The molecular formula is C67H126O17P2. The molecule has 0 aliphatic heterocycles. The molecule has 0 bridgehead atoms. The van der Waals surface area contributed by atoms with Gasteiger partial charge in [0.25, 0.3) is 0 Å². The van der Waals surface area contributed by atoms with E-state index in [1.165, 1.54) is 109 Å². The number of hydrogen-bond donors (Lipinski definition) is 3. The van der Waals surface area contributed by atoms with Gasteiger partial charge in [-0.2, -0.15) is 0 Å². The number of unbranched alkanes of at least 4 members (excludes halogenated alkanes) is 30. The zero-order valence-electron chi connectivity index (χ0n) is 55.1. The molecule has 0 fully saturated rings. The maximum atomic E-state index is 13.0. The molecule has 0 aromatic carbocycles. The summed E-state index contributed by atoms with van der Waals surface area (Å²) in [6.45, 7) is 9.36. The van der Waals surface area contributed by atoms with E-state index in [1.807, 2.05) is 0 Å². The number of phosphoric ester groups is 2. The molecule has 6 atom stereocenters. The van der Waals surface area contributed by atoms with Crippen molar-refractivity contribution in [3.63, 3.8) is 0 Å². The zero-order valence-corrected chi connectivity index (χ0v) is 56.9. The molecule has 3 unspecified atom stereocenters. The van der Waals surface area contributed by atoms with E-state index in [1.54, 1.807) is 0 Å². The molecule has 506 valence electrons. The molecule has 0 rings (SSSR count). The lowest BCUT2D eigenvalue weighted by Crippen LogP contribution is -2.30. The number of phosphoric acid groups is 2. The molecule has 19 heteroatoms. The molecule has 86 heavy (non-hydrogen) atoms. The summed E-state index contributed by atoms with van der Waals surface area (Å²) in [5, 5.41) is 10.5. The topological polar surface area (TPSA) is 237 Å². The summed E-state index contributed by atoms with van der Waals surface area (Å²) < 4.78 is 68.0. The molecular weight excluding hydrogens is 1140 g/mol. The van der Waals surface area contributed by atoms with Gasteiger partial charge in [-0.1, -0.05) is 258 Å². The van der Waals surface area contributed by atoms with Crippen molar-refractivity contribution in [2.45, 2.75) is 330 Å². The first-order valence-corrected chi connectivity index (χ1v) is 37.3. The van der Waals surface area contributed by atoms with Crippen molar-refractivity contribution < 1.29 is 80.2 Å². The Hall–Kier alpha value is -2.46. The molecule has 0 amide bonds. The van der Waals surface area contributed by atoms with Crippen LogP contribution in [0.1, 0.15) is 311 Å². The number of carbonyl (C=O) groups excluding carboxylic acids is 4. The Morgan fingerprint density at radius 2 is 0.686 bits per heavy atom. The Morgan fingerprint density at radius 1 is 0.384 bits per heavy atom. The quantitative estimate of drug-likeness (QED) is 0.0169. The van der Waals surface area contributed by atoms with Gasteiger partial charge in [0.15, 0.2) is 12.2 Å².